The van der Waals surface area contributed by atoms with Crippen LogP contribution in [0.25, 0.3) is 0 Å². The fourth-order valence-corrected chi connectivity index (χ4v) is 2.30. The van der Waals surface area contributed by atoms with Crippen molar-refractivity contribution in [1.29, 1.82) is 0 Å². The molecule has 0 radical (unpaired) electrons. The van der Waals surface area contributed by atoms with Crippen molar-refractivity contribution in [3.05, 3.63) is 11.7 Å². The van der Waals surface area contributed by atoms with E-state index in [4.69, 9.17) is 10.3 Å². The zero-order valence-electron chi connectivity index (χ0n) is 11.6. The van der Waals surface area contributed by atoms with Crippen LogP contribution in [0.4, 0.5) is 0 Å². The molecule has 0 amide bonds. The molecule has 0 aromatic carbocycles. The van der Waals surface area contributed by atoms with Gasteiger partial charge < -0.3 is 10.3 Å². The Labute approximate surface area is 109 Å². The monoisotopic (exact) mass is 252 g/mol. The maximum Gasteiger partial charge on any atom is 0.226 e. The molecule has 2 rings (SSSR count). The van der Waals surface area contributed by atoms with Crippen molar-refractivity contribution in [2.24, 2.45) is 17.6 Å². The molecule has 5 nitrogen and oxygen atoms in total. The highest BCUT2D eigenvalue weighted by Gasteiger charge is 2.24. The van der Waals surface area contributed by atoms with Crippen LogP contribution in [0.15, 0.2) is 4.52 Å². The van der Waals surface area contributed by atoms with E-state index < -0.39 is 0 Å². The number of nitrogens with zero attached hydrogens (tertiary/aromatic N) is 3. The Balaban J connectivity index is 1.87. The topological polar surface area (TPSA) is 68.2 Å². The zero-order chi connectivity index (χ0) is 13.1. The Hall–Kier alpha value is -0.940. The summed E-state index contributed by atoms with van der Waals surface area (Å²) in [6, 6.07) is 0.265. The Bertz CT molecular complexity index is 377. The van der Waals surface area contributed by atoms with Gasteiger partial charge in [-0.05, 0) is 24.8 Å². The molecular formula is C13H24N4O. The summed E-state index contributed by atoms with van der Waals surface area (Å²) in [5.41, 5.74) is 6.09. The molecule has 2 unspecified atom stereocenters. The Morgan fingerprint density at radius 3 is 2.94 bits per heavy atom. The van der Waals surface area contributed by atoms with Crippen LogP contribution in [0, 0.1) is 11.8 Å². The SMILES string of the molecule is CC(C)Cc1nc(CN2CCC(C)C(N)C2)no1. The van der Waals surface area contributed by atoms with Gasteiger partial charge in [0.05, 0.1) is 6.54 Å². The van der Waals surface area contributed by atoms with Gasteiger partial charge in [-0.2, -0.15) is 4.98 Å². The molecule has 1 aliphatic rings. The van der Waals surface area contributed by atoms with Gasteiger partial charge in [-0.1, -0.05) is 25.9 Å². The molecule has 0 aliphatic carbocycles. The average Bonchev–Trinajstić information content (AvgIpc) is 2.70. The molecule has 0 spiro atoms. The van der Waals surface area contributed by atoms with E-state index in [0.29, 0.717) is 11.8 Å². The zero-order valence-corrected chi connectivity index (χ0v) is 11.6. The van der Waals surface area contributed by atoms with Crippen LogP contribution in [0.3, 0.4) is 0 Å². The second-order valence-electron chi connectivity index (χ2n) is 5.87. The van der Waals surface area contributed by atoms with Crippen LogP contribution in [-0.2, 0) is 13.0 Å². The van der Waals surface area contributed by atoms with Crippen LogP contribution < -0.4 is 5.73 Å². The second kappa shape index (κ2) is 5.80. The molecule has 1 aromatic heterocycles. The van der Waals surface area contributed by atoms with Crippen LogP contribution in [0.1, 0.15) is 38.9 Å². The summed E-state index contributed by atoms with van der Waals surface area (Å²) >= 11 is 0. The maximum atomic E-state index is 6.09. The van der Waals surface area contributed by atoms with Crippen LogP contribution in [-0.4, -0.2) is 34.2 Å². The molecule has 1 aliphatic heterocycles. The highest BCUT2D eigenvalue weighted by Crippen LogP contribution is 2.17. The third-order valence-corrected chi connectivity index (χ3v) is 3.56. The van der Waals surface area contributed by atoms with Crippen molar-refractivity contribution in [2.75, 3.05) is 13.1 Å². The highest BCUT2D eigenvalue weighted by molar-refractivity contribution is 4.89. The third-order valence-electron chi connectivity index (χ3n) is 3.56. The van der Waals surface area contributed by atoms with Crippen molar-refractivity contribution in [1.82, 2.24) is 15.0 Å². The van der Waals surface area contributed by atoms with Crippen LogP contribution in [0.5, 0.6) is 0 Å². The van der Waals surface area contributed by atoms with Gasteiger partial charge in [0.15, 0.2) is 5.82 Å². The lowest BCUT2D eigenvalue weighted by Gasteiger charge is -2.34. The number of aromatic nitrogens is 2. The molecule has 1 aromatic rings. The predicted octanol–water partition coefficient (Wildman–Crippen LogP) is 1.44. The standard InChI is InChI=1S/C13H24N4O/c1-9(2)6-13-15-12(16-18-13)8-17-5-4-10(3)11(14)7-17/h9-11H,4-8,14H2,1-3H3. The van der Waals surface area contributed by atoms with Gasteiger partial charge in [0.2, 0.25) is 5.89 Å². The van der Waals surface area contributed by atoms with Gasteiger partial charge in [-0.25, -0.2) is 0 Å². The van der Waals surface area contributed by atoms with Crippen molar-refractivity contribution in [2.45, 2.75) is 46.2 Å². The van der Waals surface area contributed by atoms with Gasteiger partial charge in [0.1, 0.15) is 0 Å². The summed E-state index contributed by atoms with van der Waals surface area (Å²) in [5, 5.41) is 4.04. The molecule has 0 bridgehead atoms. The van der Waals surface area contributed by atoms with Crippen molar-refractivity contribution in [3.8, 4) is 0 Å². The van der Waals surface area contributed by atoms with E-state index in [0.717, 1.165) is 44.2 Å². The third kappa shape index (κ3) is 3.53. The molecule has 102 valence electrons. The minimum atomic E-state index is 0.265. The van der Waals surface area contributed by atoms with E-state index in [1.807, 2.05) is 0 Å². The van der Waals surface area contributed by atoms with Gasteiger partial charge in [0.25, 0.3) is 0 Å². The van der Waals surface area contributed by atoms with Gasteiger partial charge in [-0.3, -0.25) is 4.90 Å². The second-order valence-corrected chi connectivity index (χ2v) is 5.87. The Morgan fingerprint density at radius 1 is 1.50 bits per heavy atom. The molecule has 1 saturated heterocycles. The fraction of sp³-hybridized carbons (Fsp3) is 0.846. The number of rotatable bonds is 4. The van der Waals surface area contributed by atoms with E-state index in [-0.39, 0.29) is 6.04 Å². The molecule has 18 heavy (non-hydrogen) atoms. The van der Waals surface area contributed by atoms with Gasteiger partial charge in [0, 0.05) is 19.0 Å². The average molecular weight is 252 g/mol. The molecule has 1 fully saturated rings. The highest BCUT2D eigenvalue weighted by atomic mass is 16.5. The maximum absolute atomic E-state index is 6.09. The molecule has 2 atom stereocenters. The Morgan fingerprint density at radius 2 is 2.28 bits per heavy atom. The summed E-state index contributed by atoms with van der Waals surface area (Å²) in [6.07, 6.45) is 2.00. The minimum Gasteiger partial charge on any atom is -0.339 e. The first-order valence-corrected chi connectivity index (χ1v) is 6.84. The molecule has 5 heteroatoms. The van der Waals surface area contributed by atoms with E-state index in [1.54, 1.807) is 0 Å². The molecular weight excluding hydrogens is 228 g/mol. The Kier molecular flexibility index (Phi) is 4.35. The van der Waals surface area contributed by atoms with Crippen molar-refractivity contribution < 1.29 is 4.52 Å². The van der Waals surface area contributed by atoms with E-state index in [1.165, 1.54) is 0 Å². The number of hydrogen-bond acceptors (Lipinski definition) is 5. The molecule has 2 N–H and O–H groups in total. The largest absolute Gasteiger partial charge is 0.339 e. The number of hydrogen-bond donors (Lipinski definition) is 1. The van der Waals surface area contributed by atoms with Crippen LogP contribution in [0.2, 0.25) is 0 Å². The predicted molar refractivity (Wildman–Crippen MR) is 69.9 cm³/mol. The first-order chi connectivity index (χ1) is 8.54. The van der Waals surface area contributed by atoms with E-state index in [9.17, 15) is 0 Å². The summed E-state index contributed by atoms with van der Waals surface area (Å²) in [6.45, 7) is 9.26. The molecule has 0 saturated carbocycles. The number of piperidine rings is 1. The minimum absolute atomic E-state index is 0.265. The lowest BCUT2D eigenvalue weighted by Crippen LogP contribution is -2.47. The van der Waals surface area contributed by atoms with Gasteiger partial charge in [-0.15, -0.1) is 0 Å². The quantitative estimate of drug-likeness (QED) is 0.878. The number of nitrogens with two attached hydrogens (primary N) is 1. The summed E-state index contributed by atoms with van der Waals surface area (Å²) < 4.78 is 5.25. The first kappa shape index (κ1) is 13.5. The van der Waals surface area contributed by atoms with Crippen molar-refractivity contribution >= 4 is 0 Å². The normalized spacial score (nSPS) is 25.8. The fourth-order valence-electron chi connectivity index (χ4n) is 2.30. The van der Waals surface area contributed by atoms with E-state index in [2.05, 4.69) is 35.8 Å². The smallest absolute Gasteiger partial charge is 0.226 e. The van der Waals surface area contributed by atoms with Crippen molar-refractivity contribution in [3.63, 3.8) is 0 Å². The van der Waals surface area contributed by atoms with Crippen LogP contribution >= 0.6 is 0 Å². The summed E-state index contributed by atoms with van der Waals surface area (Å²) in [4.78, 5) is 6.74. The lowest BCUT2D eigenvalue weighted by atomic mass is 9.94. The van der Waals surface area contributed by atoms with E-state index >= 15 is 0 Å². The first-order valence-electron chi connectivity index (χ1n) is 6.84. The lowest BCUT2D eigenvalue weighted by molar-refractivity contribution is 0.157. The number of likely N-dealkylation sites (tertiary alicyclic amines) is 1. The van der Waals surface area contributed by atoms with Gasteiger partial charge >= 0.3 is 0 Å². The molecule has 2 heterocycles. The summed E-state index contributed by atoms with van der Waals surface area (Å²) in [5.74, 6) is 2.69. The summed E-state index contributed by atoms with van der Waals surface area (Å²) in [7, 11) is 0.